The largest absolute Gasteiger partial charge is 0.244 e. The Balaban J connectivity index is 2.48. The van der Waals surface area contributed by atoms with Crippen molar-refractivity contribution in [1.29, 1.82) is 5.26 Å². The molecular formula is C11H11ClN2O2S. The summed E-state index contributed by atoms with van der Waals surface area (Å²) < 4.78 is 25.8. The van der Waals surface area contributed by atoms with Crippen molar-refractivity contribution < 1.29 is 8.42 Å². The van der Waals surface area contributed by atoms with Crippen molar-refractivity contribution >= 4 is 21.6 Å². The summed E-state index contributed by atoms with van der Waals surface area (Å²) in [5, 5.41) is 8.93. The Labute approximate surface area is 105 Å². The van der Waals surface area contributed by atoms with E-state index in [0.717, 1.165) is 12.8 Å². The number of rotatable bonds is 3. The third-order valence-corrected chi connectivity index (χ3v) is 5.17. The van der Waals surface area contributed by atoms with E-state index in [1.807, 2.05) is 6.07 Å². The van der Waals surface area contributed by atoms with E-state index in [-0.39, 0.29) is 21.5 Å². The van der Waals surface area contributed by atoms with Crippen LogP contribution in [0, 0.1) is 11.3 Å². The molecule has 2 rings (SSSR count). The number of benzene rings is 1. The first-order valence-corrected chi connectivity index (χ1v) is 6.96. The van der Waals surface area contributed by atoms with Crippen LogP contribution < -0.4 is 0 Å². The molecule has 1 saturated carbocycles. The maximum absolute atomic E-state index is 12.2. The maximum Gasteiger partial charge on any atom is 0.244 e. The molecule has 1 aromatic carbocycles. The Morgan fingerprint density at radius 2 is 2.12 bits per heavy atom. The molecule has 17 heavy (non-hydrogen) atoms. The van der Waals surface area contributed by atoms with E-state index in [4.69, 9.17) is 16.9 Å². The van der Waals surface area contributed by atoms with Gasteiger partial charge in [-0.3, -0.25) is 0 Å². The van der Waals surface area contributed by atoms with Gasteiger partial charge in [-0.05, 0) is 31.0 Å². The zero-order valence-electron chi connectivity index (χ0n) is 9.22. The van der Waals surface area contributed by atoms with E-state index >= 15 is 0 Å². The van der Waals surface area contributed by atoms with Gasteiger partial charge >= 0.3 is 0 Å². The highest BCUT2D eigenvalue weighted by atomic mass is 35.5. The zero-order chi connectivity index (χ0) is 12.6. The van der Waals surface area contributed by atoms with E-state index in [0.29, 0.717) is 0 Å². The lowest BCUT2D eigenvalue weighted by Gasteiger charge is -2.17. The molecule has 0 radical (unpaired) electrons. The number of halogens is 1. The van der Waals surface area contributed by atoms with Gasteiger partial charge in [0.05, 0.1) is 16.7 Å². The molecule has 0 saturated heterocycles. The van der Waals surface area contributed by atoms with Gasteiger partial charge in [0.25, 0.3) is 0 Å². The van der Waals surface area contributed by atoms with Gasteiger partial charge in [-0.15, -0.1) is 0 Å². The second kappa shape index (κ2) is 4.30. The molecule has 0 amide bonds. The van der Waals surface area contributed by atoms with Gasteiger partial charge in [0.15, 0.2) is 0 Å². The molecule has 1 aromatic rings. The van der Waals surface area contributed by atoms with E-state index < -0.39 is 10.0 Å². The minimum atomic E-state index is -3.59. The Kier molecular flexibility index (Phi) is 3.13. The molecule has 1 fully saturated rings. The van der Waals surface area contributed by atoms with Gasteiger partial charge in [0.2, 0.25) is 10.0 Å². The second-order valence-electron chi connectivity index (χ2n) is 4.01. The molecule has 0 bridgehead atoms. The lowest BCUT2D eigenvalue weighted by atomic mass is 10.2. The van der Waals surface area contributed by atoms with Crippen LogP contribution in [0.25, 0.3) is 0 Å². The summed E-state index contributed by atoms with van der Waals surface area (Å²) >= 11 is 5.89. The summed E-state index contributed by atoms with van der Waals surface area (Å²) in [5.74, 6) is 0. The summed E-state index contributed by atoms with van der Waals surface area (Å²) in [5.41, 5.74) is 0.289. The number of nitriles is 1. The van der Waals surface area contributed by atoms with Gasteiger partial charge in [-0.1, -0.05) is 11.6 Å². The Hall–Kier alpha value is -1.09. The molecule has 0 atom stereocenters. The smallest absolute Gasteiger partial charge is 0.207 e. The normalized spacial score (nSPS) is 15.9. The van der Waals surface area contributed by atoms with Gasteiger partial charge in [0, 0.05) is 13.1 Å². The summed E-state index contributed by atoms with van der Waals surface area (Å²) in [4.78, 5) is 0.00705. The minimum absolute atomic E-state index is 0.00705. The van der Waals surface area contributed by atoms with E-state index in [1.165, 1.54) is 22.5 Å². The molecule has 1 aliphatic rings. The molecule has 0 heterocycles. The predicted molar refractivity (Wildman–Crippen MR) is 64.1 cm³/mol. The molecule has 4 nitrogen and oxygen atoms in total. The van der Waals surface area contributed by atoms with Gasteiger partial charge < -0.3 is 0 Å². The first-order valence-electron chi connectivity index (χ1n) is 5.14. The average molecular weight is 271 g/mol. The van der Waals surface area contributed by atoms with Crippen molar-refractivity contribution in [2.75, 3.05) is 7.05 Å². The molecule has 0 spiro atoms. The first-order chi connectivity index (χ1) is 7.96. The topological polar surface area (TPSA) is 61.2 Å². The van der Waals surface area contributed by atoms with Crippen LogP contribution in [0.15, 0.2) is 23.1 Å². The third kappa shape index (κ3) is 2.29. The van der Waals surface area contributed by atoms with Crippen molar-refractivity contribution in [3.8, 4) is 6.07 Å². The highest BCUT2D eigenvalue weighted by molar-refractivity contribution is 7.89. The number of nitrogens with zero attached hydrogens (tertiary/aromatic N) is 2. The monoisotopic (exact) mass is 270 g/mol. The van der Waals surface area contributed by atoms with Crippen LogP contribution in [0.5, 0.6) is 0 Å². The molecule has 0 N–H and O–H groups in total. The van der Waals surface area contributed by atoms with E-state index in [9.17, 15) is 8.42 Å². The Morgan fingerprint density at radius 1 is 1.47 bits per heavy atom. The standard InChI is InChI=1S/C11H11ClN2O2S/c1-14(9-3-4-9)17(15,16)11-6-8(7-13)2-5-10(11)12/h2,5-6,9H,3-4H2,1H3. The minimum Gasteiger partial charge on any atom is -0.207 e. The average Bonchev–Trinajstić information content (AvgIpc) is 3.12. The Morgan fingerprint density at radius 3 is 2.65 bits per heavy atom. The lowest BCUT2D eigenvalue weighted by molar-refractivity contribution is 0.464. The predicted octanol–water partition coefficient (Wildman–Crippen LogP) is 1.99. The molecule has 1 aliphatic carbocycles. The van der Waals surface area contributed by atoms with Crippen LogP contribution >= 0.6 is 11.6 Å². The summed E-state index contributed by atoms with van der Waals surface area (Å²) in [7, 11) is -2.04. The summed E-state index contributed by atoms with van der Waals surface area (Å²) in [6.45, 7) is 0. The third-order valence-electron chi connectivity index (χ3n) is 2.78. The number of hydrogen-bond acceptors (Lipinski definition) is 3. The Bertz CT molecular complexity index is 588. The van der Waals surface area contributed by atoms with Gasteiger partial charge in [0.1, 0.15) is 4.90 Å². The highest BCUT2D eigenvalue weighted by Gasteiger charge is 2.36. The van der Waals surface area contributed by atoms with Gasteiger partial charge in [-0.2, -0.15) is 9.57 Å². The van der Waals surface area contributed by atoms with Crippen LogP contribution in [-0.2, 0) is 10.0 Å². The number of hydrogen-bond donors (Lipinski definition) is 0. The summed E-state index contributed by atoms with van der Waals surface area (Å²) in [6, 6.07) is 6.23. The van der Waals surface area contributed by atoms with Crippen LogP contribution in [-0.4, -0.2) is 25.8 Å². The van der Waals surface area contributed by atoms with Gasteiger partial charge in [-0.25, -0.2) is 8.42 Å². The van der Waals surface area contributed by atoms with E-state index in [1.54, 1.807) is 7.05 Å². The van der Waals surface area contributed by atoms with Crippen LogP contribution in [0.3, 0.4) is 0 Å². The fraction of sp³-hybridized carbons (Fsp3) is 0.364. The van der Waals surface area contributed by atoms with Crippen molar-refractivity contribution in [3.63, 3.8) is 0 Å². The quantitative estimate of drug-likeness (QED) is 0.844. The second-order valence-corrected chi connectivity index (χ2v) is 6.38. The fourth-order valence-electron chi connectivity index (χ4n) is 1.56. The van der Waals surface area contributed by atoms with Crippen LogP contribution in [0.2, 0.25) is 5.02 Å². The molecule has 0 aromatic heterocycles. The highest BCUT2D eigenvalue weighted by Crippen LogP contribution is 2.33. The molecule has 0 unspecified atom stereocenters. The van der Waals surface area contributed by atoms with Crippen molar-refractivity contribution in [2.45, 2.75) is 23.8 Å². The molecule has 6 heteroatoms. The van der Waals surface area contributed by atoms with Crippen LogP contribution in [0.4, 0.5) is 0 Å². The first kappa shape index (κ1) is 12.4. The molecule has 90 valence electrons. The fourth-order valence-corrected chi connectivity index (χ4v) is 3.47. The number of sulfonamides is 1. The van der Waals surface area contributed by atoms with Crippen molar-refractivity contribution in [3.05, 3.63) is 28.8 Å². The lowest BCUT2D eigenvalue weighted by Crippen LogP contribution is -2.29. The van der Waals surface area contributed by atoms with Crippen molar-refractivity contribution in [2.24, 2.45) is 0 Å². The molecular weight excluding hydrogens is 260 g/mol. The van der Waals surface area contributed by atoms with Crippen molar-refractivity contribution in [1.82, 2.24) is 4.31 Å². The summed E-state index contributed by atoms with van der Waals surface area (Å²) in [6.07, 6.45) is 1.76. The SMILES string of the molecule is CN(C1CC1)S(=O)(=O)c1cc(C#N)ccc1Cl. The molecule has 0 aliphatic heterocycles. The zero-order valence-corrected chi connectivity index (χ0v) is 10.8. The van der Waals surface area contributed by atoms with Crippen LogP contribution in [0.1, 0.15) is 18.4 Å². The van der Waals surface area contributed by atoms with E-state index in [2.05, 4.69) is 0 Å². The maximum atomic E-state index is 12.2.